The molecule has 7 heterocycles. The summed E-state index contributed by atoms with van der Waals surface area (Å²) in [6, 6.07) is 20.4. The minimum atomic E-state index is -1.89. The Kier molecular flexibility index (Phi) is 37.5. The van der Waals surface area contributed by atoms with Crippen LogP contribution in [0, 0.1) is 11.8 Å². The third kappa shape index (κ3) is 27.1. The van der Waals surface area contributed by atoms with Crippen molar-refractivity contribution in [1.82, 2.24) is 41.7 Å². The summed E-state index contributed by atoms with van der Waals surface area (Å²) in [7, 11) is 11.5. The Balaban J connectivity index is 0.000000274. The van der Waals surface area contributed by atoms with Gasteiger partial charge in [-0.2, -0.15) is 0 Å². The molecule has 10 N–H and O–H groups in total. The molecule has 0 spiro atoms. The van der Waals surface area contributed by atoms with E-state index in [4.69, 9.17) is 85.8 Å². The maximum absolute atomic E-state index is 14.3. The number of anilines is 2. The highest BCUT2D eigenvalue weighted by Gasteiger charge is 2.66. The molecular weight excluding hydrogens is 1820 g/mol. The van der Waals surface area contributed by atoms with E-state index >= 15 is 0 Å². The van der Waals surface area contributed by atoms with Gasteiger partial charge >= 0.3 is 30.2 Å². The van der Waals surface area contributed by atoms with Crippen molar-refractivity contribution in [2.45, 2.75) is 209 Å². The van der Waals surface area contributed by atoms with Gasteiger partial charge in [0.1, 0.15) is 93.8 Å². The molecule has 5 saturated heterocycles. The zero-order valence-electron chi connectivity index (χ0n) is 80.1. The summed E-state index contributed by atoms with van der Waals surface area (Å²) in [6.07, 6.45) is -0.914. The standard InChI is InChI=1S/C54H64ClN5O14.C39H54ClN5O12.C4H9NO/c1-30-14-13-19-43(70-8)54(68)26-42(72-52(67)58-54)31(2)49-53(4,74-49)44(25-46(63)60(6)40-23-33(22-30)24-41(69-7)48(40)55)73-50(65)32(3)59(5)47(64)28-56-45(62)21-20-34(61)27-57-51(66)71-29-39-37-17-11-9-15-35(37)36-16-10-12-18-38(36)39;1-21-10-9-11-29(54-8)39(52)18-28(55-37(51)43-39)22(2)35-38(4,57-35)30(17-32(48)45(6)26-15-24(14-21)16-27(53-7)34(26)40)56-36(50)23(3)44(5)33(49)20-42-31(47)13-12-25(46)19-41;1-3-6-4-2-5-1/h9-19,23-24,31-32,39,42-44,49,68H,20-22,25-29H2,1-8H3,(H,56,62)(H,57,66)(H,58,67);9-11,15-16,22-23,28-30,35,52H,12-14,17-20,41H2,1-8H3,(H,42,47)(H,43,51);5H,1-4H2/b19-13+,30-14+;11-9+,21-10+;. The number of carbonyl (C=O) groups excluding carboxylic acids is 13. The quantitative estimate of drug-likeness (QED) is 0.0182. The van der Waals surface area contributed by atoms with Gasteiger partial charge in [-0.25, -0.2) is 24.0 Å². The van der Waals surface area contributed by atoms with E-state index in [2.05, 4.69) is 31.9 Å². The van der Waals surface area contributed by atoms with Crippen LogP contribution in [-0.4, -0.2) is 297 Å². The summed E-state index contributed by atoms with van der Waals surface area (Å²) in [5.74, 6) is -6.67. The van der Waals surface area contributed by atoms with Crippen molar-refractivity contribution >= 4 is 112 Å². The SMILES string of the molecule is C1COCCN1.COc1cc2cc(c1Cl)N(C)C(=O)CC(OC(=O)C(C)N(C)C(=O)CNC(=O)CCC(=O)CN)C1(C)OC1C(C)C1CC(O)(NC(=O)O1)C(OC)/C=C/C=C(\C)C2.COc1cc2cc(c1Cl)N(C)C(=O)CC(OC(=O)C(C)N(C)C(=O)CNC(=O)CCC(=O)CNC(=O)OCC1c3ccccc3-c3ccccc31)C1(C)OC1C(C)C1CC(O)(NC(=O)O1)C(OC)/C=C/C=C(\C)C2. The van der Waals surface area contributed by atoms with E-state index < -0.39 is 193 Å². The first kappa shape index (κ1) is 108. The van der Waals surface area contributed by atoms with Crippen LogP contribution in [0.15, 0.2) is 120 Å². The minimum absolute atomic E-state index is 0.0697. The molecule has 8 bridgehead atoms. The van der Waals surface area contributed by atoms with Crippen molar-refractivity contribution < 1.29 is 129 Å². The van der Waals surface area contributed by atoms with Gasteiger partial charge in [-0.1, -0.05) is 133 Å². The number of Topliss-reactive ketones (excluding diaryl/α,β-unsaturated/α-hetero) is 2. The average Bonchev–Trinajstić information content (AvgIpc) is 1.57. The van der Waals surface area contributed by atoms with Crippen LogP contribution >= 0.6 is 23.2 Å². The number of nitrogens with two attached hydrogens (primary N) is 1. The smallest absolute Gasteiger partial charge is 0.409 e. The average molecular weight is 1950 g/mol. The van der Waals surface area contributed by atoms with E-state index in [-0.39, 0.29) is 80.0 Å². The first-order valence-electron chi connectivity index (χ1n) is 45.3. The summed E-state index contributed by atoms with van der Waals surface area (Å²) in [5, 5.41) is 39.4. The van der Waals surface area contributed by atoms with Crippen molar-refractivity contribution in [1.29, 1.82) is 0 Å². The number of esters is 2. The number of nitrogens with one attached hydrogen (secondary N) is 6. The summed E-state index contributed by atoms with van der Waals surface area (Å²) < 4.78 is 68.9. The van der Waals surface area contributed by atoms with Gasteiger partial charge in [0.05, 0.1) is 90.0 Å². The van der Waals surface area contributed by atoms with Gasteiger partial charge in [0, 0.05) is 112 Å². The number of morpholine rings is 1. The monoisotopic (exact) mass is 1950 g/mol. The molecule has 4 aromatic rings. The Hall–Kier alpha value is -11.4. The second-order valence-electron chi connectivity index (χ2n) is 35.7. The van der Waals surface area contributed by atoms with Crippen LogP contribution < -0.4 is 56.9 Å². The zero-order valence-corrected chi connectivity index (χ0v) is 81.6. The number of fused-ring (bicyclic) bond motifs is 13. The number of hydrogen-bond acceptors (Lipinski definition) is 29. The summed E-state index contributed by atoms with van der Waals surface area (Å²) >= 11 is 13.5. The predicted octanol–water partition coefficient (Wildman–Crippen LogP) is 7.06. The molecule has 746 valence electrons. The predicted molar refractivity (Wildman–Crippen MR) is 502 cm³/mol. The van der Waals surface area contributed by atoms with Gasteiger partial charge in [-0.05, 0) is 112 Å². The molecule has 12 rings (SSSR count). The molecule has 0 radical (unpaired) electrons. The molecule has 16 unspecified atom stereocenters. The first-order chi connectivity index (χ1) is 64.9. The van der Waals surface area contributed by atoms with Crippen LogP contribution in [0.4, 0.5) is 25.8 Å². The van der Waals surface area contributed by atoms with Gasteiger partial charge in [0.15, 0.2) is 17.2 Å². The second kappa shape index (κ2) is 47.8. The number of ether oxygens (including phenoxy) is 12. The summed E-state index contributed by atoms with van der Waals surface area (Å²) in [5.41, 5.74) is 7.10. The highest BCUT2D eigenvalue weighted by Crippen LogP contribution is 2.52. The lowest BCUT2D eigenvalue weighted by Gasteiger charge is -2.42. The number of nitrogens with zero attached hydrogens (tertiary/aromatic N) is 4. The molecule has 7 aliphatic heterocycles. The molecular formula is C97H127Cl2N11O27. The van der Waals surface area contributed by atoms with Gasteiger partial charge in [-0.15, -0.1) is 0 Å². The minimum Gasteiger partial charge on any atom is -0.495 e. The van der Waals surface area contributed by atoms with Gasteiger partial charge in [0.2, 0.25) is 35.4 Å². The molecule has 1 aliphatic carbocycles. The molecule has 16 atom stereocenters. The fraction of sp³-hybridized carbons (Fsp3) is 0.536. The highest BCUT2D eigenvalue weighted by atomic mass is 35.5. The van der Waals surface area contributed by atoms with E-state index in [0.29, 0.717) is 35.7 Å². The number of aliphatic hydroxyl groups is 2. The lowest BCUT2D eigenvalue weighted by atomic mass is 9.83. The van der Waals surface area contributed by atoms with Crippen LogP contribution in [0.2, 0.25) is 10.0 Å². The van der Waals surface area contributed by atoms with E-state index in [0.717, 1.165) is 80.6 Å². The van der Waals surface area contributed by atoms with E-state index in [1.54, 1.807) is 76.3 Å². The Labute approximate surface area is 806 Å². The number of allylic oxidation sites excluding steroid dienone is 6. The molecule has 0 aromatic heterocycles. The fourth-order valence-electron chi connectivity index (χ4n) is 17.2. The van der Waals surface area contributed by atoms with Crippen molar-refractivity contribution in [2.75, 3.05) is 126 Å². The molecule has 40 heteroatoms. The Bertz CT molecular complexity index is 5190. The van der Waals surface area contributed by atoms with Crippen molar-refractivity contribution in [3.05, 3.63) is 153 Å². The number of methoxy groups -OCH3 is 4. The Morgan fingerprint density at radius 2 is 1.00 bits per heavy atom. The van der Waals surface area contributed by atoms with E-state index in [1.165, 1.54) is 80.3 Å². The largest absolute Gasteiger partial charge is 0.495 e. The number of halogens is 2. The third-order valence-electron chi connectivity index (χ3n) is 26.0. The maximum Gasteiger partial charge on any atom is 0.409 e. The van der Waals surface area contributed by atoms with Gasteiger partial charge in [0.25, 0.3) is 0 Å². The van der Waals surface area contributed by atoms with Crippen molar-refractivity contribution in [3.8, 4) is 22.6 Å². The molecule has 137 heavy (non-hydrogen) atoms. The van der Waals surface area contributed by atoms with Crippen LogP contribution in [0.5, 0.6) is 11.5 Å². The van der Waals surface area contributed by atoms with Gasteiger partial charge < -0.3 is 114 Å². The Morgan fingerprint density at radius 3 is 1.38 bits per heavy atom. The number of rotatable bonds is 25. The van der Waals surface area contributed by atoms with Crippen LogP contribution in [0.1, 0.15) is 135 Å². The number of amides is 9. The molecule has 9 amide bonds. The van der Waals surface area contributed by atoms with E-state index in [1.807, 2.05) is 74.5 Å². The number of likely N-dealkylation sites (N-methyl/N-ethyl adjacent to an activating group) is 2. The molecule has 0 saturated carbocycles. The zero-order chi connectivity index (χ0) is 100. The lowest BCUT2D eigenvalue weighted by Crippen LogP contribution is -2.63. The number of epoxide rings is 2. The van der Waals surface area contributed by atoms with Crippen LogP contribution in [0.25, 0.3) is 11.1 Å². The molecule has 38 nitrogen and oxygen atoms in total. The number of hydrogen-bond donors (Lipinski definition) is 9. The summed E-state index contributed by atoms with van der Waals surface area (Å²) in [6.45, 7) is 15.8. The molecule has 5 fully saturated rings. The Morgan fingerprint density at radius 1 is 0.591 bits per heavy atom. The normalized spacial score (nSPS) is 27.4. The van der Waals surface area contributed by atoms with Crippen LogP contribution in [-0.2, 0) is 108 Å². The first-order valence-corrected chi connectivity index (χ1v) is 46.0. The maximum atomic E-state index is 14.3. The van der Waals surface area contributed by atoms with Crippen LogP contribution in [0.3, 0.4) is 0 Å². The molecule has 4 aromatic carbocycles. The highest BCUT2D eigenvalue weighted by molar-refractivity contribution is 6.36. The third-order valence-corrected chi connectivity index (χ3v) is 26.8. The lowest BCUT2D eigenvalue weighted by molar-refractivity contribution is -0.162. The number of carbonyl (C=O) groups is 13. The molecule has 8 aliphatic rings. The van der Waals surface area contributed by atoms with Crippen molar-refractivity contribution in [3.63, 3.8) is 0 Å². The second-order valence-corrected chi connectivity index (χ2v) is 36.4. The topological polar surface area (TPSA) is 491 Å². The number of benzene rings is 4. The fourth-order valence-corrected chi connectivity index (χ4v) is 17.9. The summed E-state index contributed by atoms with van der Waals surface area (Å²) in [4.78, 5) is 175. The van der Waals surface area contributed by atoms with Crippen molar-refractivity contribution in [2.24, 2.45) is 17.6 Å². The van der Waals surface area contributed by atoms with Gasteiger partial charge in [-0.3, -0.25) is 49.0 Å². The number of ketones is 2. The van der Waals surface area contributed by atoms with E-state index in [9.17, 15) is 72.5 Å². The number of alkyl carbamates (subject to hydrolysis) is 3.